The van der Waals surface area contributed by atoms with Crippen molar-refractivity contribution < 1.29 is 9.18 Å². The Kier molecular flexibility index (Phi) is 5.94. The van der Waals surface area contributed by atoms with E-state index in [1.807, 2.05) is 31.2 Å². The van der Waals surface area contributed by atoms with Gasteiger partial charge in [0.15, 0.2) is 0 Å². The van der Waals surface area contributed by atoms with Crippen molar-refractivity contribution in [2.24, 2.45) is 5.73 Å². The number of aryl methyl sites for hydroxylation is 2. The number of hydrogen-bond acceptors (Lipinski definition) is 6. The minimum Gasteiger partial charge on any atom is -0.368 e. The van der Waals surface area contributed by atoms with E-state index in [-0.39, 0.29) is 17.7 Å². The molecule has 3 heterocycles. The molecule has 4 rings (SSSR count). The van der Waals surface area contributed by atoms with E-state index in [1.165, 1.54) is 0 Å². The second-order valence-corrected chi connectivity index (χ2v) is 7.79. The average Bonchev–Trinajstić information content (AvgIpc) is 2.75. The molecule has 9 heteroatoms. The second-order valence-electron chi connectivity index (χ2n) is 7.79. The standard InChI is InChI=1S/C22H25FN6O2/c1-14-10-16(12-25-20(14)21(24)30)29-8-6-28(7-9-29)13-15-2-3-17-19(11-15)27-22(31)18(26-17)4-5-23/h2-3,10-12H,4-9,13H2,1H3,(H2,24,30)(H,27,31). The van der Waals surface area contributed by atoms with E-state index >= 15 is 0 Å². The number of carbonyl (C=O) groups excluding carboxylic acids is 1. The molecule has 0 atom stereocenters. The van der Waals surface area contributed by atoms with Gasteiger partial charge in [-0.2, -0.15) is 0 Å². The van der Waals surface area contributed by atoms with Crippen LogP contribution in [0.15, 0.2) is 35.3 Å². The Hall–Kier alpha value is -3.33. The summed E-state index contributed by atoms with van der Waals surface area (Å²) in [7, 11) is 0. The van der Waals surface area contributed by atoms with Crippen LogP contribution in [0.4, 0.5) is 10.1 Å². The highest BCUT2D eigenvalue weighted by Crippen LogP contribution is 2.20. The molecule has 162 valence electrons. The van der Waals surface area contributed by atoms with Crippen LogP contribution < -0.4 is 16.2 Å². The lowest BCUT2D eigenvalue weighted by Gasteiger charge is -2.36. The van der Waals surface area contributed by atoms with Gasteiger partial charge in [-0.05, 0) is 36.2 Å². The van der Waals surface area contributed by atoms with E-state index in [2.05, 4.69) is 24.8 Å². The lowest BCUT2D eigenvalue weighted by molar-refractivity contribution is 0.0995. The lowest BCUT2D eigenvalue weighted by Crippen LogP contribution is -2.46. The molecule has 0 unspecified atom stereocenters. The van der Waals surface area contributed by atoms with Gasteiger partial charge in [-0.25, -0.2) is 9.97 Å². The first-order valence-electron chi connectivity index (χ1n) is 10.3. The summed E-state index contributed by atoms with van der Waals surface area (Å²) in [4.78, 5) is 39.3. The molecule has 31 heavy (non-hydrogen) atoms. The number of piperazine rings is 1. The highest BCUT2D eigenvalue weighted by molar-refractivity contribution is 5.92. The molecule has 1 aromatic carbocycles. The first-order chi connectivity index (χ1) is 14.9. The van der Waals surface area contributed by atoms with Crippen LogP contribution in [0.3, 0.4) is 0 Å². The van der Waals surface area contributed by atoms with Crippen molar-refractivity contribution in [2.45, 2.75) is 19.9 Å². The summed E-state index contributed by atoms with van der Waals surface area (Å²) in [5.41, 5.74) is 9.72. The van der Waals surface area contributed by atoms with Gasteiger partial charge in [0.05, 0.1) is 29.6 Å². The number of halogens is 1. The Labute approximate surface area is 178 Å². The van der Waals surface area contributed by atoms with Gasteiger partial charge in [0.25, 0.3) is 11.5 Å². The number of aromatic amines is 1. The quantitative estimate of drug-likeness (QED) is 0.622. The fraction of sp³-hybridized carbons (Fsp3) is 0.364. The van der Waals surface area contributed by atoms with Crippen LogP contribution in [0, 0.1) is 6.92 Å². The fourth-order valence-electron chi connectivity index (χ4n) is 3.94. The summed E-state index contributed by atoms with van der Waals surface area (Å²) >= 11 is 0. The molecule has 2 aromatic heterocycles. The predicted octanol–water partition coefficient (Wildman–Crippen LogP) is 1.56. The minimum atomic E-state index is -0.601. The molecule has 0 bridgehead atoms. The molecule has 0 radical (unpaired) electrons. The molecule has 3 N–H and O–H groups in total. The lowest BCUT2D eigenvalue weighted by atomic mass is 10.1. The minimum absolute atomic E-state index is 0.0254. The van der Waals surface area contributed by atoms with Gasteiger partial charge >= 0.3 is 0 Å². The number of H-pyrrole nitrogens is 1. The fourth-order valence-corrected chi connectivity index (χ4v) is 3.94. The van der Waals surface area contributed by atoms with Crippen molar-refractivity contribution >= 4 is 22.6 Å². The number of aromatic nitrogens is 3. The first kappa shape index (κ1) is 20.9. The van der Waals surface area contributed by atoms with Gasteiger partial charge in [-0.15, -0.1) is 0 Å². The summed E-state index contributed by atoms with van der Waals surface area (Å²) in [6, 6.07) is 7.75. The zero-order valence-electron chi connectivity index (χ0n) is 17.4. The largest absolute Gasteiger partial charge is 0.368 e. The SMILES string of the molecule is Cc1cc(N2CCN(Cc3ccc4nc(CCF)c(=O)[nH]c4c3)CC2)cnc1C(N)=O. The van der Waals surface area contributed by atoms with Crippen LogP contribution in [0.5, 0.6) is 0 Å². The Balaban J connectivity index is 1.41. The number of hydrogen-bond donors (Lipinski definition) is 2. The summed E-state index contributed by atoms with van der Waals surface area (Å²) < 4.78 is 12.6. The third-order valence-corrected chi connectivity index (χ3v) is 5.60. The van der Waals surface area contributed by atoms with E-state index in [9.17, 15) is 14.0 Å². The first-order valence-corrected chi connectivity index (χ1v) is 10.3. The van der Waals surface area contributed by atoms with Gasteiger partial charge in [-0.3, -0.25) is 18.9 Å². The van der Waals surface area contributed by atoms with Crippen LogP contribution >= 0.6 is 0 Å². The Bertz CT molecular complexity index is 1170. The number of rotatable bonds is 6. The van der Waals surface area contributed by atoms with Crippen molar-refractivity contribution in [3.05, 3.63) is 63.3 Å². The molecule has 0 aliphatic carbocycles. The van der Waals surface area contributed by atoms with Crippen LogP contribution in [-0.4, -0.2) is 58.6 Å². The summed E-state index contributed by atoms with van der Waals surface area (Å²) in [6.45, 7) is 5.43. The van der Waals surface area contributed by atoms with Gasteiger partial charge in [0.2, 0.25) is 0 Å². The van der Waals surface area contributed by atoms with E-state index in [0.717, 1.165) is 49.5 Å². The smallest absolute Gasteiger partial charge is 0.270 e. The molecular weight excluding hydrogens is 399 g/mol. The van der Waals surface area contributed by atoms with Crippen LogP contribution in [0.1, 0.15) is 27.3 Å². The molecule has 0 spiro atoms. The zero-order valence-corrected chi connectivity index (χ0v) is 17.4. The summed E-state index contributed by atoms with van der Waals surface area (Å²) in [5, 5.41) is 0. The van der Waals surface area contributed by atoms with Gasteiger partial charge in [0, 0.05) is 39.1 Å². The highest BCUT2D eigenvalue weighted by Gasteiger charge is 2.19. The molecule has 1 amide bonds. The maximum atomic E-state index is 12.6. The van der Waals surface area contributed by atoms with Crippen LogP contribution in [0.2, 0.25) is 0 Å². The maximum Gasteiger partial charge on any atom is 0.270 e. The second kappa shape index (κ2) is 8.81. The van der Waals surface area contributed by atoms with Gasteiger partial charge < -0.3 is 15.6 Å². The number of nitrogens with two attached hydrogens (primary N) is 1. The number of alkyl halides is 1. The van der Waals surface area contributed by atoms with E-state index in [4.69, 9.17) is 5.73 Å². The van der Waals surface area contributed by atoms with Crippen molar-refractivity contribution in [3.63, 3.8) is 0 Å². The Morgan fingerprint density at radius 1 is 1.23 bits per heavy atom. The van der Waals surface area contributed by atoms with Crippen molar-refractivity contribution in [1.82, 2.24) is 19.9 Å². The zero-order chi connectivity index (χ0) is 22.0. The third-order valence-electron chi connectivity index (χ3n) is 5.60. The average molecular weight is 424 g/mol. The van der Waals surface area contributed by atoms with Gasteiger partial charge in [0.1, 0.15) is 11.4 Å². The number of anilines is 1. The Morgan fingerprint density at radius 2 is 2.00 bits per heavy atom. The normalized spacial score (nSPS) is 14.8. The predicted molar refractivity (Wildman–Crippen MR) is 117 cm³/mol. The molecule has 1 aliphatic rings. The number of carbonyl (C=O) groups is 1. The van der Waals surface area contributed by atoms with E-state index in [1.54, 1.807) is 6.20 Å². The number of nitrogens with zero attached hydrogens (tertiary/aromatic N) is 4. The summed E-state index contributed by atoms with van der Waals surface area (Å²) in [6.07, 6.45) is 1.73. The van der Waals surface area contributed by atoms with Crippen molar-refractivity contribution in [3.8, 4) is 0 Å². The number of amides is 1. The number of pyridine rings is 1. The molecule has 1 aliphatic heterocycles. The molecule has 0 saturated carbocycles. The molecular formula is C22H25FN6O2. The Morgan fingerprint density at radius 3 is 2.68 bits per heavy atom. The summed E-state index contributed by atoms with van der Waals surface area (Å²) in [5.74, 6) is -0.514. The van der Waals surface area contributed by atoms with Crippen molar-refractivity contribution in [1.29, 1.82) is 0 Å². The highest BCUT2D eigenvalue weighted by atomic mass is 19.1. The number of fused-ring (bicyclic) bond motifs is 1. The number of nitrogens with one attached hydrogen (secondary N) is 1. The molecule has 1 fully saturated rings. The molecule has 3 aromatic rings. The maximum absolute atomic E-state index is 12.6. The van der Waals surface area contributed by atoms with Gasteiger partial charge in [-0.1, -0.05) is 6.07 Å². The number of benzene rings is 1. The van der Waals surface area contributed by atoms with Crippen molar-refractivity contribution in [2.75, 3.05) is 37.8 Å². The third kappa shape index (κ3) is 4.56. The monoisotopic (exact) mass is 424 g/mol. The molecule has 8 nitrogen and oxygen atoms in total. The van der Waals surface area contributed by atoms with E-state index < -0.39 is 12.6 Å². The molecule has 1 saturated heterocycles. The number of primary amides is 1. The van der Waals surface area contributed by atoms with E-state index in [0.29, 0.717) is 16.7 Å². The van der Waals surface area contributed by atoms with Crippen LogP contribution in [-0.2, 0) is 13.0 Å². The van der Waals surface area contributed by atoms with Crippen LogP contribution in [0.25, 0.3) is 11.0 Å². The topological polar surface area (TPSA) is 108 Å².